The summed E-state index contributed by atoms with van der Waals surface area (Å²) in [4.78, 5) is 14.1. The second-order valence-electron chi connectivity index (χ2n) is 5.60. The van der Waals surface area contributed by atoms with Crippen LogP contribution in [-0.2, 0) is 17.9 Å². The summed E-state index contributed by atoms with van der Waals surface area (Å²) in [6.45, 7) is 1.30. The molecule has 0 unspecified atom stereocenters. The number of hydrogen-bond donors (Lipinski definition) is 1. The van der Waals surface area contributed by atoms with E-state index >= 15 is 0 Å². The number of fused-ring (bicyclic) bond motifs is 1. The highest BCUT2D eigenvalue weighted by molar-refractivity contribution is 5.84. The van der Waals surface area contributed by atoms with Gasteiger partial charge in [0.25, 0.3) is 0 Å². The van der Waals surface area contributed by atoms with Crippen LogP contribution in [0.25, 0.3) is 10.9 Å². The number of amides is 1. The van der Waals surface area contributed by atoms with E-state index < -0.39 is 0 Å². The standard InChI is InChI=1S/C16H21N3O/c1-17-10-12-3-6-15-13(9-12)7-8-19(15)11-16(20)18(2)14-4-5-14/h3,6-9,14,17H,4-5,10-11H2,1-2H3. The van der Waals surface area contributed by atoms with Crippen molar-refractivity contribution in [3.63, 3.8) is 0 Å². The Hall–Kier alpha value is -1.81. The molecule has 0 aliphatic heterocycles. The number of carbonyl (C=O) groups excluding carboxylic acids is 1. The number of likely N-dealkylation sites (N-methyl/N-ethyl adjacent to an activating group) is 1. The molecule has 1 aliphatic carbocycles. The Morgan fingerprint density at radius 2 is 2.20 bits per heavy atom. The second-order valence-corrected chi connectivity index (χ2v) is 5.60. The molecule has 0 spiro atoms. The van der Waals surface area contributed by atoms with E-state index in [1.54, 1.807) is 0 Å². The Morgan fingerprint density at radius 1 is 1.40 bits per heavy atom. The third-order valence-electron chi connectivity index (χ3n) is 4.01. The van der Waals surface area contributed by atoms with Crippen LogP contribution in [0, 0.1) is 0 Å². The van der Waals surface area contributed by atoms with Gasteiger partial charge in [0, 0.05) is 31.3 Å². The summed E-state index contributed by atoms with van der Waals surface area (Å²) >= 11 is 0. The molecule has 0 saturated heterocycles. The minimum atomic E-state index is 0.198. The summed E-state index contributed by atoms with van der Waals surface area (Å²) in [5, 5.41) is 4.35. The summed E-state index contributed by atoms with van der Waals surface area (Å²) in [5.74, 6) is 0.198. The molecule has 106 valence electrons. The van der Waals surface area contributed by atoms with Crippen LogP contribution in [0.3, 0.4) is 0 Å². The predicted octanol–water partition coefficient (Wildman–Crippen LogP) is 1.98. The van der Waals surface area contributed by atoms with Crippen LogP contribution in [0.1, 0.15) is 18.4 Å². The van der Waals surface area contributed by atoms with Gasteiger partial charge in [-0.3, -0.25) is 4.79 Å². The molecular weight excluding hydrogens is 250 g/mol. The van der Waals surface area contributed by atoms with Crippen LogP contribution in [0.2, 0.25) is 0 Å². The summed E-state index contributed by atoms with van der Waals surface area (Å²) in [6.07, 6.45) is 4.32. The zero-order valence-electron chi connectivity index (χ0n) is 12.1. The largest absolute Gasteiger partial charge is 0.341 e. The Bertz CT molecular complexity index is 628. The Morgan fingerprint density at radius 3 is 2.90 bits per heavy atom. The van der Waals surface area contributed by atoms with Crippen LogP contribution < -0.4 is 5.32 Å². The molecule has 0 atom stereocenters. The predicted molar refractivity (Wildman–Crippen MR) is 80.5 cm³/mol. The molecule has 3 rings (SSSR count). The summed E-state index contributed by atoms with van der Waals surface area (Å²) in [7, 11) is 3.86. The van der Waals surface area contributed by atoms with Crippen molar-refractivity contribution in [2.24, 2.45) is 0 Å². The van der Waals surface area contributed by atoms with E-state index in [2.05, 4.69) is 29.6 Å². The topological polar surface area (TPSA) is 37.3 Å². The normalized spacial score (nSPS) is 14.7. The summed E-state index contributed by atoms with van der Waals surface area (Å²) in [5.41, 5.74) is 2.39. The third-order valence-corrected chi connectivity index (χ3v) is 4.01. The fraction of sp³-hybridized carbons (Fsp3) is 0.438. The smallest absolute Gasteiger partial charge is 0.242 e. The van der Waals surface area contributed by atoms with Gasteiger partial charge in [-0.1, -0.05) is 6.07 Å². The quantitative estimate of drug-likeness (QED) is 0.903. The van der Waals surface area contributed by atoms with Gasteiger partial charge in [-0.25, -0.2) is 0 Å². The van der Waals surface area contributed by atoms with Gasteiger partial charge in [0.2, 0.25) is 5.91 Å². The van der Waals surface area contributed by atoms with E-state index in [1.807, 2.05) is 29.8 Å². The maximum Gasteiger partial charge on any atom is 0.242 e. The molecule has 4 heteroatoms. The average Bonchev–Trinajstić information content (AvgIpc) is 3.22. The van der Waals surface area contributed by atoms with Crippen molar-refractivity contribution < 1.29 is 4.79 Å². The van der Waals surface area contributed by atoms with Crippen LogP contribution in [0.4, 0.5) is 0 Å². The van der Waals surface area contributed by atoms with Gasteiger partial charge in [-0.05, 0) is 49.0 Å². The SMILES string of the molecule is CNCc1ccc2c(ccn2CC(=O)N(C)C2CC2)c1. The number of carbonyl (C=O) groups is 1. The van der Waals surface area contributed by atoms with Crippen LogP contribution in [0.5, 0.6) is 0 Å². The molecular formula is C16H21N3O. The first kappa shape index (κ1) is 13.2. The van der Waals surface area contributed by atoms with Crippen molar-refractivity contribution in [2.45, 2.75) is 32.0 Å². The molecule has 1 N–H and O–H groups in total. The molecule has 1 saturated carbocycles. The molecule has 0 radical (unpaired) electrons. The molecule has 2 aromatic rings. The highest BCUT2D eigenvalue weighted by Gasteiger charge is 2.29. The van der Waals surface area contributed by atoms with Gasteiger partial charge < -0.3 is 14.8 Å². The Balaban J connectivity index is 1.79. The van der Waals surface area contributed by atoms with Gasteiger partial charge in [0.15, 0.2) is 0 Å². The molecule has 1 heterocycles. The van der Waals surface area contributed by atoms with Gasteiger partial charge in [-0.2, -0.15) is 0 Å². The molecule has 20 heavy (non-hydrogen) atoms. The monoisotopic (exact) mass is 271 g/mol. The third kappa shape index (κ3) is 2.56. The van der Waals surface area contributed by atoms with Gasteiger partial charge in [-0.15, -0.1) is 0 Å². The van der Waals surface area contributed by atoms with Crippen molar-refractivity contribution in [3.05, 3.63) is 36.0 Å². The van der Waals surface area contributed by atoms with Gasteiger partial charge in [0.05, 0.1) is 0 Å². The first-order valence-corrected chi connectivity index (χ1v) is 7.17. The van der Waals surface area contributed by atoms with Gasteiger partial charge >= 0.3 is 0 Å². The van der Waals surface area contributed by atoms with Crippen molar-refractivity contribution in [3.8, 4) is 0 Å². The number of rotatable bonds is 5. The van der Waals surface area contributed by atoms with E-state index in [0.29, 0.717) is 12.6 Å². The minimum absolute atomic E-state index is 0.198. The Kier molecular flexibility index (Phi) is 3.49. The fourth-order valence-electron chi connectivity index (χ4n) is 2.62. The maximum atomic E-state index is 12.2. The van der Waals surface area contributed by atoms with Crippen molar-refractivity contribution in [1.29, 1.82) is 0 Å². The van der Waals surface area contributed by atoms with E-state index in [4.69, 9.17) is 0 Å². The lowest BCUT2D eigenvalue weighted by Crippen LogP contribution is -2.31. The molecule has 4 nitrogen and oxygen atoms in total. The molecule has 1 aromatic carbocycles. The highest BCUT2D eigenvalue weighted by Crippen LogP contribution is 2.26. The molecule has 1 amide bonds. The minimum Gasteiger partial charge on any atom is -0.341 e. The van der Waals surface area contributed by atoms with Crippen LogP contribution >= 0.6 is 0 Å². The van der Waals surface area contributed by atoms with Crippen molar-refractivity contribution >= 4 is 16.8 Å². The highest BCUT2D eigenvalue weighted by atomic mass is 16.2. The zero-order chi connectivity index (χ0) is 14.1. The van der Waals surface area contributed by atoms with E-state index in [1.165, 1.54) is 10.9 Å². The number of nitrogens with one attached hydrogen (secondary N) is 1. The number of nitrogens with zero attached hydrogens (tertiary/aromatic N) is 2. The summed E-state index contributed by atoms with van der Waals surface area (Å²) < 4.78 is 2.04. The fourth-order valence-corrected chi connectivity index (χ4v) is 2.62. The van der Waals surface area contributed by atoms with Crippen molar-refractivity contribution in [2.75, 3.05) is 14.1 Å². The molecule has 1 aromatic heterocycles. The zero-order valence-corrected chi connectivity index (χ0v) is 12.1. The van der Waals surface area contributed by atoms with Crippen LogP contribution in [0.15, 0.2) is 30.5 Å². The lowest BCUT2D eigenvalue weighted by Gasteiger charge is -2.17. The lowest BCUT2D eigenvalue weighted by atomic mass is 10.1. The molecule has 1 fully saturated rings. The maximum absolute atomic E-state index is 12.2. The average molecular weight is 271 g/mol. The van der Waals surface area contributed by atoms with Gasteiger partial charge in [0.1, 0.15) is 6.54 Å². The molecule has 1 aliphatic rings. The number of hydrogen-bond acceptors (Lipinski definition) is 2. The van der Waals surface area contributed by atoms with Crippen molar-refractivity contribution in [1.82, 2.24) is 14.8 Å². The van der Waals surface area contributed by atoms with E-state index in [9.17, 15) is 4.79 Å². The molecule has 0 bridgehead atoms. The second kappa shape index (κ2) is 5.29. The van der Waals surface area contributed by atoms with Crippen LogP contribution in [-0.4, -0.2) is 35.5 Å². The number of aromatic nitrogens is 1. The lowest BCUT2D eigenvalue weighted by molar-refractivity contribution is -0.130. The Labute approximate surface area is 119 Å². The number of benzene rings is 1. The van der Waals surface area contributed by atoms with E-state index in [0.717, 1.165) is 24.9 Å². The summed E-state index contributed by atoms with van der Waals surface area (Å²) in [6, 6.07) is 8.96. The van der Waals surface area contributed by atoms with E-state index in [-0.39, 0.29) is 5.91 Å². The first-order chi connectivity index (χ1) is 9.69. The first-order valence-electron chi connectivity index (χ1n) is 7.17.